The number of likely N-dealkylation sites (tertiary alicyclic amines) is 1. The number of ether oxygens (including phenoxy) is 1. The number of amides is 1. The smallest absolute Gasteiger partial charge is 0.410 e. The largest absolute Gasteiger partial charge is 0.481 e. The average molecular weight is 491 g/mol. The van der Waals surface area contributed by atoms with Gasteiger partial charge in [0.15, 0.2) is 0 Å². The van der Waals surface area contributed by atoms with Crippen molar-refractivity contribution in [3.8, 4) is 0 Å². The minimum absolute atomic E-state index is 0.00384. The number of carbonyl (C=O) groups excluding carboxylic acids is 1. The Morgan fingerprint density at radius 2 is 1.71 bits per heavy atom. The molecule has 0 bridgehead atoms. The van der Waals surface area contributed by atoms with Gasteiger partial charge in [0.25, 0.3) is 0 Å². The van der Waals surface area contributed by atoms with E-state index in [0.717, 1.165) is 83.7 Å². The Kier molecular flexibility index (Phi) is 6.65. The van der Waals surface area contributed by atoms with Crippen LogP contribution in [0.4, 0.5) is 4.79 Å². The second-order valence-electron chi connectivity index (χ2n) is 13.1. The monoisotopic (exact) mass is 490 g/mol. The zero-order valence-electron chi connectivity index (χ0n) is 21.7. The Hall–Kier alpha value is -1.34. The molecule has 0 aromatic rings. The molecule has 5 rings (SSSR count). The molecule has 4 saturated carbocycles. The van der Waals surface area contributed by atoms with Crippen LogP contribution in [0.5, 0.6) is 0 Å². The maximum absolute atomic E-state index is 12.9. The van der Waals surface area contributed by atoms with Crippen LogP contribution in [-0.2, 0) is 9.53 Å². The lowest BCUT2D eigenvalue weighted by Crippen LogP contribution is -2.66. The predicted octanol–water partition coefficient (Wildman–Crippen LogP) is 4.41. The standard InChI is InChI=1S/C28H46N2O5/c1-26-11-5-20(35-25(34)30-14-8-18(9-15-30)10-16-31)17-19(26)3-4-22-21(26)6-12-27(2)23(24(32)33)7-13-28(22,27)29/h18-23,31H,3-17,29H2,1-2H3,(H,32,33)/t19?,20?,21-,22-,23?,26+,27-,28-/m1/s1. The molecule has 4 N–H and O–H groups in total. The van der Waals surface area contributed by atoms with Gasteiger partial charge in [-0.2, -0.15) is 0 Å². The summed E-state index contributed by atoms with van der Waals surface area (Å²) in [5.74, 6) is 1.000. The van der Waals surface area contributed by atoms with Crippen LogP contribution in [0.3, 0.4) is 0 Å². The van der Waals surface area contributed by atoms with Gasteiger partial charge in [-0.05, 0) is 112 Å². The molecule has 5 fully saturated rings. The average Bonchev–Trinajstić information content (AvgIpc) is 3.11. The van der Waals surface area contributed by atoms with E-state index in [4.69, 9.17) is 15.6 Å². The van der Waals surface area contributed by atoms with Crippen molar-refractivity contribution in [1.29, 1.82) is 0 Å². The van der Waals surface area contributed by atoms with Crippen LogP contribution in [0, 0.1) is 40.4 Å². The van der Waals surface area contributed by atoms with E-state index in [1.807, 2.05) is 4.90 Å². The van der Waals surface area contributed by atoms with Crippen LogP contribution in [0.2, 0.25) is 0 Å². The second kappa shape index (κ2) is 9.20. The van der Waals surface area contributed by atoms with Crippen molar-refractivity contribution in [1.82, 2.24) is 4.90 Å². The Balaban J connectivity index is 1.22. The Morgan fingerprint density at radius 3 is 2.40 bits per heavy atom. The fourth-order valence-corrected chi connectivity index (χ4v) is 9.60. The molecule has 0 aromatic heterocycles. The highest BCUT2D eigenvalue weighted by Crippen LogP contribution is 2.68. The summed E-state index contributed by atoms with van der Waals surface area (Å²) < 4.78 is 6.05. The zero-order chi connectivity index (χ0) is 25.0. The lowest BCUT2D eigenvalue weighted by atomic mass is 9.42. The van der Waals surface area contributed by atoms with Crippen molar-refractivity contribution < 1.29 is 24.5 Å². The highest BCUT2D eigenvalue weighted by Gasteiger charge is 2.67. The molecule has 0 radical (unpaired) electrons. The van der Waals surface area contributed by atoms with Crippen LogP contribution in [0.15, 0.2) is 0 Å². The number of nitrogens with zero attached hydrogens (tertiary/aromatic N) is 1. The number of carboxylic acids is 1. The van der Waals surface area contributed by atoms with Crippen molar-refractivity contribution in [2.24, 2.45) is 46.2 Å². The number of aliphatic carboxylic acids is 1. The molecule has 0 aromatic carbocycles. The van der Waals surface area contributed by atoms with E-state index in [9.17, 15) is 14.7 Å². The summed E-state index contributed by atoms with van der Waals surface area (Å²) in [7, 11) is 0. The van der Waals surface area contributed by atoms with E-state index in [-0.39, 0.29) is 41.1 Å². The van der Waals surface area contributed by atoms with Crippen LogP contribution >= 0.6 is 0 Å². The first-order chi connectivity index (χ1) is 16.6. The summed E-state index contributed by atoms with van der Waals surface area (Å²) in [6, 6.07) is 0. The number of rotatable bonds is 4. The van der Waals surface area contributed by atoms with Crippen LogP contribution in [-0.4, -0.2) is 58.5 Å². The van der Waals surface area contributed by atoms with Crippen molar-refractivity contribution in [2.75, 3.05) is 19.7 Å². The minimum Gasteiger partial charge on any atom is -0.481 e. The van der Waals surface area contributed by atoms with Crippen molar-refractivity contribution in [3.63, 3.8) is 0 Å². The van der Waals surface area contributed by atoms with Crippen molar-refractivity contribution in [3.05, 3.63) is 0 Å². The highest BCUT2D eigenvalue weighted by atomic mass is 16.6. The van der Waals surface area contributed by atoms with Gasteiger partial charge in [0.1, 0.15) is 6.10 Å². The molecule has 35 heavy (non-hydrogen) atoms. The maximum atomic E-state index is 12.9. The molecule has 7 heteroatoms. The van der Waals surface area contributed by atoms with Gasteiger partial charge in [-0.3, -0.25) is 4.79 Å². The Bertz CT molecular complexity index is 828. The zero-order valence-corrected chi connectivity index (χ0v) is 21.7. The summed E-state index contributed by atoms with van der Waals surface area (Å²) >= 11 is 0. The molecule has 1 saturated heterocycles. The lowest BCUT2D eigenvalue weighted by Gasteiger charge is -2.64. The molecule has 7 nitrogen and oxygen atoms in total. The van der Waals surface area contributed by atoms with Crippen LogP contribution < -0.4 is 5.73 Å². The summed E-state index contributed by atoms with van der Waals surface area (Å²) in [5.41, 5.74) is 6.73. The number of aliphatic hydroxyl groups excluding tert-OH is 1. The summed E-state index contributed by atoms with van der Waals surface area (Å²) in [6.07, 6.45) is 11.2. The van der Waals surface area contributed by atoms with Gasteiger partial charge in [0, 0.05) is 25.2 Å². The number of hydrogen-bond donors (Lipinski definition) is 3. The van der Waals surface area contributed by atoms with E-state index in [2.05, 4.69) is 13.8 Å². The number of carbonyl (C=O) groups is 2. The number of fused-ring (bicyclic) bond motifs is 5. The van der Waals surface area contributed by atoms with Gasteiger partial charge in [-0.25, -0.2) is 4.79 Å². The van der Waals surface area contributed by atoms with Gasteiger partial charge in [-0.15, -0.1) is 0 Å². The predicted molar refractivity (Wildman–Crippen MR) is 133 cm³/mol. The van der Waals surface area contributed by atoms with Gasteiger partial charge >= 0.3 is 12.1 Å². The molecule has 1 aliphatic heterocycles. The van der Waals surface area contributed by atoms with Gasteiger partial charge in [-0.1, -0.05) is 13.8 Å². The second-order valence-corrected chi connectivity index (χ2v) is 13.1. The molecule has 0 spiro atoms. The van der Waals surface area contributed by atoms with E-state index in [1.165, 1.54) is 0 Å². The number of aliphatic hydroxyl groups is 1. The number of hydrogen-bond acceptors (Lipinski definition) is 5. The van der Waals surface area contributed by atoms with E-state index >= 15 is 0 Å². The fraction of sp³-hybridized carbons (Fsp3) is 0.929. The van der Waals surface area contributed by atoms with E-state index in [0.29, 0.717) is 30.1 Å². The van der Waals surface area contributed by atoms with Crippen molar-refractivity contribution in [2.45, 2.75) is 103 Å². The highest BCUT2D eigenvalue weighted by molar-refractivity contribution is 5.72. The third-order valence-corrected chi connectivity index (χ3v) is 11.9. The Labute approximate surface area is 210 Å². The molecular formula is C28H46N2O5. The van der Waals surface area contributed by atoms with Gasteiger partial charge < -0.3 is 25.6 Å². The lowest BCUT2D eigenvalue weighted by molar-refractivity contribution is -0.157. The summed E-state index contributed by atoms with van der Waals surface area (Å²) in [5, 5.41) is 19.1. The van der Waals surface area contributed by atoms with Gasteiger partial charge in [0.2, 0.25) is 0 Å². The third kappa shape index (κ3) is 4.00. The third-order valence-electron chi connectivity index (χ3n) is 11.9. The summed E-state index contributed by atoms with van der Waals surface area (Å²) in [4.78, 5) is 26.8. The number of piperidine rings is 1. The minimum atomic E-state index is -0.668. The molecule has 1 amide bonds. The van der Waals surface area contributed by atoms with Crippen molar-refractivity contribution >= 4 is 12.1 Å². The normalized spacial score (nSPS) is 45.8. The first kappa shape index (κ1) is 25.3. The molecule has 4 aliphatic carbocycles. The first-order valence-corrected chi connectivity index (χ1v) is 14.2. The molecule has 8 atom stereocenters. The first-order valence-electron chi connectivity index (χ1n) is 14.2. The molecule has 5 aliphatic rings. The molecule has 198 valence electrons. The fourth-order valence-electron chi connectivity index (χ4n) is 9.60. The number of nitrogens with two attached hydrogens (primary N) is 1. The quantitative estimate of drug-likeness (QED) is 0.538. The molecule has 1 heterocycles. The van der Waals surface area contributed by atoms with E-state index < -0.39 is 5.97 Å². The number of carboxylic acid groups (broad SMARTS) is 1. The maximum Gasteiger partial charge on any atom is 0.410 e. The van der Waals surface area contributed by atoms with E-state index in [1.54, 1.807) is 0 Å². The topological polar surface area (TPSA) is 113 Å². The SMILES string of the molecule is C[C@]12CCC(OC(=O)N3CCC(CCO)CC3)CC1CC[C@@H]1[C@H]2CC[C@]2(C)C(C(=O)O)CC[C@@]12N. The molecular weight excluding hydrogens is 444 g/mol. The van der Waals surface area contributed by atoms with Crippen LogP contribution in [0.1, 0.15) is 90.9 Å². The molecule has 3 unspecified atom stereocenters. The van der Waals surface area contributed by atoms with Crippen LogP contribution in [0.25, 0.3) is 0 Å². The van der Waals surface area contributed by atoms with Gasteiger partial charge in [0.05, 0.1) is 5.92 Å². The Morgan fingerprint density at radius 1 is 0.971 bits per heavy atom. The summed E-state index contributed by atoms with van der Waals surface area (Å²) in [6.45, 7) is 6.30.